The minimum atomic E-state index is -0.835. The van der Waals surface area contributed by atoms with Crippen molar-refractivity contribution in [2.75, 3.05) is 0 Å². The van der Waals surface area contributed by atoms with Gasteiger partial charge in [-0.05, 0) is 23.8 Å². The largest absolute Gasteiger partial charge is 0.386 e. The van der Waals surface area contributed by atoms with Crippen molar-refractivity contribution in [1.82, 2.24) is 29.8 Å². The average Bonchev–Trinajstić information content (AvgIpc) is 3.37. The van der Waals surface area contributed by atoms with Gasteiger partial charge in [-0.1, -0.05) is 11.6 Å². The quantitative estimate of drug-likeness (QED) is 0.450. The van der Waals surface area contributed by atoms with Crippen LogP contribution in [0.2, 0.25) is 4.34 Å². The van der Waals surface area contributed by atoms with Crippen LogP contribution in [0, 0.1) is 6.92 Å². The first-order valence-corrected chi connectivity index (χ1v) is 10.4. The smallest absolute Gasteiger partial charge is 0.263 e. The number of aliphatic hydroxyl groups is 1. The molecular formula is C16H14ClN7O3S2. The maximum absolute atomic E-state index is 12.7. The van der Waals surface area contributed by atoms with E-state index in [2.05, 4.69) is 20.4 Å². The Morgan fingerprint density at radius 3 is 2.93 bits per heavy atom. The van der Waals surface area contributed by atoms with E-state index in [9.17, 15) is 14.7 Å². The predicted octanol–water partition coefficient (Wildman–Crippen LogP) is 1.35. The third kappa shape index (κ3) is 3.79. The van der Waals surface area contributed by atoms with Crippen LogP contribution in [-0.4, -0.2) is 40.8 Å². The summed E-state index contributed by atoms with van der Waals surface area (Å²) < 4.78 is 1.90. The molecular weight excluding hydrogens is 438 g/mol. The van der Waals surface area contributed by atoms with Crippen LogP contribution in [-0.2, 0) is 13.1 Å². The van der Waals surface area contributed by atoms with Gasteiger partial charge in [0, 0.05) is 10.3 Å². The Labute approximate surface area is 176 Å². The highest BCUT2D eigenvalue weighted by Gasteiger charge is 2.18. The zero-order valence-electron chi connectivity index (χ0n) is 14.9. The summed E-state index contributed by atoms with van der Waals surface area (Å²) >= 11 is 8.51. The lowest BCUT2D eigenvalue weighted by atomic mass is 10.2. The van der Waals surface area contributed by atoms with E-state index in [4.69, 9.17) is 17.3 Å². The van der Waals surface area contributed by atoms with Gasteiger partial charge in [-0.3, -0.25) is 14.2 Å². The molecule has 0 saturated heterocycles. The molecule has 0 saturated carbocycles. The average molecular weight is 452 g/mol. The molecule has 29 heavy (non-hydrogen) atoms. The zero-order valence-corrected chi connectivity index (χ0v) is 17.3. The van der Waals surface area contributed by atoms with Crippen LogP contribution >= 0.6 is 34.3 Å². The van der Waals surface area contributed by atoms with Crippen LogP contribution in [0.15, 0.2) is 22.6 Å². The minimum Gasteiger partial charge on any atom is -0.386 e. The summed E-state index contributed by atoms with van der Waals surface area (Å²) in [6.45, 7) is 1.96. The lowest BCUT2D eigenvalue weighted by Gasteiger charge is -2.06. The molecule has 0 fully saturated rings. The molecule has 0 radical (unpaired) electrons. The molecule has 4 rings (SSSR count). The van der Waals surface area contributed by atoms with Gasteiger partial charge in [0.25, 0.3) is 5.56 Å². The van der Waals surface area contributed by atoms with Gasteiger partial charge in [-0.25, -0.2) is 4.98 Å². The number of carbonyl (C=O) groups excluding carboxylic acids is 1. The fraction of sp³-hybridized carbons (Fsp3) is 0.250. The van der Waals surface area contributed by atoms with Gasteiger partial charge in [0.2, 0.25) is 5.91 Å². The molecule has 10 nitrogen and oxygen atoms in total. The summed E-state index contributed by atoms with van der Waals surface area (Å²) in [5.74, 6) is -0.424. The number of nitrogens with zero attached hydrogens (tertiary/aromatic N) is 6. The molecule has 150 valence electrons. The number of primary amides is 1. The van der Waals surface area contributed by atoms with E-state index in [0.717, 1.165) is 5.56 Å². The summed E-state index contributed by atoms with van der Waals surface area (Å²) in [5.41, 5.74) is 5.95. The summed E-state index contributed by atoms with van der Waals surface area (Å²) in [6, 6.07) is 1.81. The molecule has 4 aromatic rings. The fourth-order valence-electron chi connectivity index (χ4n) is 2.72. The minimum absolute atomic E-state index is 0.00978. The topological polar surface area (TPSA) is 142 Å². The van der Waals surface area contributed by atoms with Crippen molar-refractivity contribution in [3.05, 3.63) is 54.3 Å². The number of carbonyl (C=O) groups is 1. The number of rotatable bonds is 6. The number of hydrogen-bond acceptors (Lipinski definition) is 9. The highest BCUT2D eigenvalue weighted by atomic mass is 35.5. The van der Waals surface area contributed by atoms with Crippen molar-refractivity contribution in [3.63, 3.8) is 0 Å². The second kappa shape index (κ2) is 7.63. The molecule has 13 heteroatoms. The van der Waals surface area contributed by atoms with E-state index in [1.807, 2.05) is 13.0 Å². The third-order valence-corrected chi connectivity index (χ3v) is 6.72. The van der Waals surface area contributed by atoms with Crippen LogP contribution in [0.3, 0.4) is 0 Å². The lowest BCUT2D eigenvalue weighted by Crippen LogP contribution is -2.23. The number of aromatic nitrogens is 6. The van der Waals surface area contributed by atoms with Crippen LogP contribution in [0.5, 0.6) is 0 Å². The number of aryl methyl sites for hydroxylation is 1. The maximum atomic E-state index is 12.7. The molecule has 0 unspecified atom stereocenters. The molecule has 1 amide bonds. The van der Waals surface area contributed by atoms with E-state index < -0.39 is 17.6 Å². The number of thiophene rings is 2. The second-order valence-corrected chi connectivity index (χ2v) is 8.80. The van der Waals surface area contributed by atoms with Crippen molar-refractivity contribution in [2.45, 2.75) is 26.1 Å². The Morgan fingerprint density at radius 2 is 2.24 bits per heavy atom. The van der Waals surface area contributed by atoms with Gasteiger partial charge in [0.15, 0.2) is 5.82 Å². The van der Waals surface area contributed by atoms with E-state index in [0.29, 0.717) is 14.0 Å². The monoisotopic (exact) mass is 451 g/mol. The number of hydrogen-bond donors (Lipinski definition) is 2. The van der Waals surface area contributed by atoms with E-state index >= 15 is 0 Å². The van der Waals surface area contributed by atoms with Gasteiger partial charge < -0.3 is 10.8 Å². The Morgan fingerprint density at radius 1 is 1.45 bits per heavy atom. The van der Waals surface area contributed by atoms with Crippen LogP contribution in [0.25, 0.3) is 10.2 Å². The van der Waals surface area contributed by atoms with Crippen LogP contribution < -0.4 is 11.3 Å². The number of fused-ring (bicyclic) bond motifs is 1. The highest BCUT2D eigenvalue weighted by Crippen LogP contribution is 2.31. The van der Waals surface area contributed by atoms with E-state index in [1.54, 1.807) is 0 Å². The van der Waals surface area contributed by atoms with Gasteiger partial charge in [0.1, 0.15) is 10.9 Å². The first-order chi connectivity index (χ1) is 13.8. The standard InChI is InChI=1S/C16H14ClN7O3S2/c1-7-2-10(29-13(7)17)9(25)3-24-21-11(20-22-24)4-23-6-19-15-12(16(23)27)8(5-28-15)14(18)26/h2,5-6,9,25H,3-4H2,1H3,(H2,18,26)/t9-/m0/s1. The fourth-order valence-corrected chi connectivity index (χ4v) is 4.80. The summed E-state index contributed by atoms with van der Waals surface area (Å²) in [7, 11) is 0. The zero-order chi connectivity index (χ0) is 20.7. The molecule has 0 aromatic carbocycles. The molecule has 0 aliphatic heterocycles. The van der Waals surface area contributed by atoms with Crippen LogP contribution in [0.1, 0.15) is 32.7 Å². The second-order valence-electron chi connectivity index (χ2n) is 6.25. The summed E-state index contributed by atoms with van der Waals surface area (Å²) in [5, 5.41) is 24.1. The molecule has 4 aromatic heterocycles. The van der Waals surface area contributed by atoms with Crippen molar-refractivity contribution in [3.8, 4) is 0 Å². The van der Waals surface area contributed by atoms with Gasteiger partial charge in [0.05, 0.1) is 34.7 Å². The first-order valence-electron chi connectivity index (χ1n) is 8.30. The van der Waals surface area contributed by atoms with Crippen molar-refractivity contribution in [2.24, 2.45) is 5.73 Å². The third-order valence-electron chi connectivity index (χ3n) is 4.17. The Balaban J connectivity index is 1.55. The number of tetrazole rings is 1. The normalized spacial score (nSPS) is 12.5. The van der Waals surface area contributed by atoms with Gasteiger partial charge in [-0.15, -0.1) is 32.9 Å². The number of aliphatic hydroxyl groups excluding tert-OH is 1. The molecule has 1 atom stereocenters. The molecule has 0 aliphatic rings. The number of halogens is 1. The first kappa shape index (κ1) is 19.6. The van der Waals surface area contributed by atoms with E-state index in [1.165, 1.54) is 43.7 Å². The summed E-state index contributed by atoms with van der Waals surface area (Å²) in [4.78, 5) is 30.8. The van der Waals surface area contributed by atoms with Crippen molar-refractivity contribution >= 4 is 50.4 Å². The lowest BCUT2D eigenvalue weighted by molar-refractivity contribution is 0.100. The molecule has 0 aliphatic carbocycles. The molecule has 3 N–H and O–H groups in total. The molecule has 4 heterocycles. The van der Waals surface area contributed by atoms with Crippen molar-refractivity contribution in [1.29, 1.82) is 0 Å². The number of amides is 1. The molecule has 0 bridgehead atoms. The van der Waals surface area contributed by atoms with Crippen molar-refractivity contribution < 1.29 is 9.90 Å². The molecule has 0 spiro atoms. The Bertz CT molecular complexity index is 1260. The van der Waals surface area contributed by atoms with Gasteiger partial charge >= 0.3 is 0 Å². The maximum Gasteiger partial charge on any atom is 0.263 e. The Kier molecular flexibility index (Phi) is 5.17. The summed E-state index contributed by atoms with van der Waals surface area (Å²) in [6.07, 6.45) is 0.524. The Hall–Kier alpha value is -2.67. The van der Waals surface area contributed by atoms with Gasteiger partial charge in [-0.2, -0.15) is 4.80 Å². The SMILES string of the molecule is Cc1cc([C@@H](O)Cn2nnc(Cn3cnc4scc(C(N)=O)c4c3=O)n2)sc1Cl. The van der Waals surface area contributed by atoms with Crippen LogP contribution in [0.4, 0.5) is 0 Å². The predicted molar refractivity (Wildman–Crippen MR) is 108 cm³/mol. The highest BCUT2D eigenvalue weighted by molar-refractivity contribution is 7.17. The number of nitrogens with two attached hydrogens (primary N) is 1. The van der Waals surface area contributed by atoms with E-state index in [-0.39, 0.29) is 29.9 Å².